The van der Waals surface area contributed by atoms with Crippen molar-refractivity contribution in [2.45, 2.75) is 19.4 Å². The van der Waals surface area contributed by atoms with Crippen LogP contribution in [0.2, 0.25) is 0 Å². The number of thiazole rings is 1. The number of amides is 1. The van der Waals surface area contributed by atoms with Crippen LogP contribution in [0.5, 0.6) is 0 Å². The Balaban J connectivity index is 1.80. The van der Waals surface area contributed by atoms with Crippen LogP contribution in [0, 0.1) is 12.7 Å². The summed E-state index contributed by atoms with van der Waals surface area (Å²) in [6.07, 6.45) is 3.95. The van der Waals surface area contributed by atoms with E-state index in [1.807, 2.05) is 47.5 Å². The van der Waals surface area contributed by atoms with E-state index in [1.54, 1.807) is 6.07 Å². The Bertz CT molecular complexity index is 798. The summed E-state index contributed by atoms with van der Waals surface area (Å²) < 4.78 is 15.4. The van der Waals surface area contributed by atoms with Crippen LogP contribution in [0.3, 0.4) is 0 Å². The first kappa shape index (κ1) is 15.4. The van der Waals surface area contributed by atoms with E-state index in [2.05, 4.69) is 10.3 Å². The molecular formula is C17H16FN3OS. The molecule has 0 aliphatic rings. The second-order valence-electron chi connectivity index (χ2n) is 5.25. The SMILES string of the molecule is Cc1csc(NC(=O)CC(c2cccc(F)c2)n2cccc2)n1. The predicted octanol–water partition coefficient (Wildman–Crippen LogP) is 4.01. The van der Waals surface area contributed by atoms with Gasteiger partial charge in [-0.05, 0) is 36.8 Å². The molecule has 1 atom stereocenters. The van der Waals surface area contributed by atoms with Crippen molar-refractivity contribution < 1.29 is 9.18 Å². The average molecular weight is 329 g/mol. The Morgan fingerprint density at radius 3 is 2.78 bits per heavy atom. The molecule has 0 saturated carbocycles. The molecule has 4 nitrogen and oxygen atoms in total. The Labute approximate surface area is 137 Å². The second-order valence-corrected chi connectivity index (χ2v) is 6.11. The highest BCUT2D eigenvalue weighted by molar-refractivity contribution is 7.13. The van der Waals surface area contributed by atoms with Gasteiger partial charge in [0, 0.05) is 17.8 Å². The van der Waals surface area contributed by atoms with E-state index in [4.69, 9.17) is 0 Å². The topological polar surface area (TPSA) is 46.9 Å². The zero-order valence-corrected chi connectivity index (χ0v) is 13.4. The van der Waals surface area contributed by atoms with Crippen LogP contribution in [-0.4, -0.2) is 15.5 Å². The van der Waals surface area contributed by atoms with Crippen molar-refractivity contribution >= 4 is 22.4 Å². The largest absolute Gasteiger partial charge is 0.346 e. The molecule has 2 heterocycles. The van der Waals surface area contributed by atoms with E-state index in [-0.39, 0.29) is 24.2 Å². The van der Waals surface area contributed by atoms with Crippen molar-refractivity contribution in [3.63, 3.8) is 0 Å². The van der Waals surface area contributed by atoms with Crippen molar-refractivity contribution in [1.29, 1.82) is 0 Å². The highest BCUT2D eigenvalue weighted by atomic mass is 32.1. The third kappa shape index (κ3) is 3.84. The van der Waals surface area contributed by atoms with Gasteiger partial charge in [-0.25, -0.2) is 9.37 Å². The van der Waals surface area contributed by atoms with Gasteiger partial charge in [-0.2, -0.15) is 0 Å². The third-order valence-electron chi connectivity index (χ3n) is 3.46. The second kappa shape index (κ2) is 6.75. The monoisotopic (exact) mass is 329 g/mol. The van der Waals surface area contributed by atoms with Crippen LogP contribution in [0.4, 0.5) is 9.52 Å². The van der Waals surface area contributed by atoms with Crippen LogP contribution in [0.1, 0.15) is 23.7 Å². The van der Waals surface area contributed by atoms with Crippen molar-refractivity contribution in [1.82, 2.24) is 9.55 Å². The molecule has 0 bridgehead atoms. The average Bonchev–Trinajstić information content (AvgIpc) is 3.17. The number of rotatable bonds is 5. The summed E-state index contributed by atoms with van der Waals surface area (Å²) >= 11 is 1.39. The lowest BCUT2D eigenvalue weighted by Crippen LogP contribution is -2.19. The van der Waals surface area contributed by atoms with Gasteiger partial charge in [-0.15, -0.1) is 11.3 Å². The minimum atomic E-state index is -0.310. The summed E-state index contributed by atoms with van der Waals surface area (Å²) in [5.74, 6) is -0.460. The maximum atomic E-state index is 13.5. The zero-order chi connectivity index (χ0) is 16.2. The molecule has 1 unspecified atom stereocenters. The molecule has 6 heteroatoms. The standard InChI is InChI=1S/C17H16FN3OS/c1-12-11-23-17(19-12)20-16(22)10-15(21-7-2-3-8-21)13-5-4-6-14(18)9-13/h2-9,11,15H,10H2,1H3,(H,19,20,22). The number of halogens is 1. The van der Waals surface area contributed by atoms with E-state index in [9.17, 15) is 9.18 Å². The Morgan fingerprint density at radius 1 is 1.35 bits per heavy atom. The number of aromatic nitrogens is 2. The molecule has 0 radical (unpaired) electrons. The molecule has 23 heavy (non-hydrogen) atoms. The maximum absolute atomic E-state index is 13.5. The summed E-state index contributed by atoms with van der Waals surface area (Å²) in [4.78, 5) is 16.6. The number of carbonyl (C=O) groups is 1. The van der Waals surface area contributed by atoms with Crippen molar-refractivity contribution in [2.24, 2.45) is 0 Å². The molecule has 0 fully saturated rings. The first-order chi connectivity index (χ1) is 11.1. The molecule has 0 aliphatic heterocycles. The quantitative estimate of drug-likeness (QED) is 0.769. The van der Waals surface area contributed by atoms with Crippen LogP contribution < -0.4 is 5.32 Å². The number of hydrogen-bond acceptors (Lipinski definition) is 3. The summed E-state index contributed by atoms with van der Waals surface area (Å²) in [7, 11) is 0. The number of nitrogens with zero attached hydrogens (tertiary/aromatic N) is 2. The number of nitrogens with one attached hydrogen (secondary N) is 1. The van der Waals surface area contributed by atoms with Gasteiger partial charge in [0.05, 0.1) is 18.2 Å². The fraction of sp³-hybridized carbons (Fsp3) is 0.176. The predicted molar refractivity (Wildman–Crippen MR) is 89.1 cm³/mol. The van der Waals surface area contributed by atoms with Crippen molar-refractivity contribution in [2.75, 3.05) is 5.32 Å². The molecule has 3 rings (SSSR count). The van der Waals surface area contributed by atoms with E-state index in [0.29, 0.717) is 5.13 Å². The molecule has 2 aromatic heterocycles. The summed E-state index contributed by atoms with van der Waals surface area (Å²) in [6, 6.07) is 9.85. The van der Waals surface area contributed by atoms with Crippen molar-refractivity contribution in [3.8, 4) is 0 Å². The first-order valence-electron chi connectivity index (χ1n) is 7.22. The first-order valence-corrected chi connectivity index (χ1v) is 8.09. The molecule has 1 amide bonds. The highest BCUT2D eigenvalue weighted by Gasteiger charge is 2.18. The van der Waals surface area contributed by atoms with Gasteiger partial charge >= 0.3 is 0 Å². The third-order valence-corrected chi connectivity index (χ3v) is 4.34. The van der Waals surface area contributed by atoms with Gasteiger partial charge < -0.3 is 9.88 Å². The molecule has 1 aromatic carbocycles. The zero-order valence-electron chi connectivity index (χ0n) is 12.6. The van der Waals surface area contributed by atoms with Crippen LogP contribution in [-0.2, 0) is 4.79 Å². The summed E-state index contributed by atoms with van der Waals surface area (Å²) in [6.45, 7) is 1.88. The maximum Gasteiger partial charge on any atom is 0.228 e. The Kier molecular flexibility index (Phi) is 4.52. The van der Waals surface area contributed by atoms with E-state index in [1.165, 1.54) is 23.5 Å². The minimum Gasteiger partial charge on any atom is -0.346 e. The van der Waals surface area contributed by atoms with Gasteiger partial charge in [-0.3, -0.25) is 4.79 Å². The van der Waals surface area contributed by atoms with Gasteiger partial charge in [0.2, 0.25) is 5.91 Å². The van der Waals surface area contributed by atoms with Crippen molar-refractivity contribution in [3.05, 3.63) is 71.2 Å². The lowest BCUT2D eigenvalue weighted by Gasteiger charge is -2.19. The lowest BCUT2D eigenvalue weighted by molar-refractivity contribution is -0.116. The van der Waals surface area contributed by atoms with Gasteiger partial charge in [0.1, 0.15) is 5.82 Å². The van der Waals surface area contributed by atoms with Gasteiger partial charge in [0.25, 0.3) is 0 Å². The van der Waals surface area contributed by atoms with Crippen LogP contribution >= 0.6 is 11.3 Å². The van der Waals surface area contributed by atoms with Crippen LogP contribution in [0.25, 0.3) is 0 Å². The fourth-order valence-electron chi connectivity index (χ4n) is 2.42. The number of aryl methyl sites for hydroxylation is 1. The summed E-state index contributed by atoms with van der Waals surface area (Å²) in [5, 5.41) is 5.26. The smallest absolute Gasteiger partial charge is 0.228 e. The van der Waals surface area contributed by atoms with E-state index in [0.717, 1.165) is 11.3 Å². The van der Waals surface area contributed by atoms with E-state index < -0.39 is 0 Å². The molecule has 0 saturated heterocycles. The van der Waals surface area contributed by atoms with E-state index >= 15 is 0 Å². The molecular weight excluding hydrogens is 313 g/mol. The Hall–Kier alpha value is -2.47. The Morgan fingerprint density at radius 2 is 2.13 bits per heavy atom. The lowest BCUT2D eigenvalue weighted by atomic mass is 10.0. The number of hydrogen-bond donors (Lipinski definition) is 1. The summed E-state index contributed by atoms with van der Waals surface area (Å²) in [5.41, 5.74) is 1.63. The molecule has 118 valence electrons. The number of carbonyl (C=O) groups excluding carboxylic acids is 1. The number of anilines is 1. The van der Waals surface area contributed by atoms with Crippen LogP contribution in [0.15, 0.2) is 54.2 Å². The van der Waals surface area contributed by atoms with Gasteiger partial charge in [0.15, 0.2) is 5.13 Å². The highest BCUT2D eigenvalue weighted by Crippen LogP contribution is 2.24. The molecule has 0 spiro atoms. The van der Waals surface area contributed by atoms with Gasteiger partial charge in [-0.1, -0.05) is 12.1 Å². The molecule has 1 N–H and O–H groups in total. The normalized spacial score (nSPS) is 12.1. The number of benzene rings is 1. The fourth-order valence-corrected chi connectivity index (χ4v) is 3.13. The molecule has 0 aliphatic carbocycles. The minimum absolute atomic E-state index is 0.151. The molecule has 3 aromatic rings.